The number of likely N-dealkylation sites (tertiary alicyclic amines) is 1. The minimum atomic E-state index is -1.14. The van der Waals surface area contributed by atoms with Crippen LogP contribution in [-0.4, -0.2) is 46.7 Å². The Hall–Kier alpha value is -1.82. The summed E-state index contributed by atoms with van der Waals surface area (Å²) in [6.45, 7) is 5.79. The molecule has 1 saturated heterocycles. The molecule has 1 fully saturated rings. The molecule has 1 aromatic rings. The van der Waals surface area contributed by atoms with E-state index in [1.807, 2.05) is 0 Å². The van der Waals surface area contributed by atoms with Crippen molar-refractivity contribution in [3.63, 3.8) is 0 Å². The second-order valence-corrected chi connectivity index (χ2v) is 7.27. The van der Waals surface area contributed by atoms with Gasteiger partial charge in [0.05, 0.1) is 17.8 Å². The molecule has 0 spiro atoms. The van der Waals surface area contributed by atoms with Crippen molar-refractivity contribution in [3.8, 4) is 0 Å². The number of amides is 1. The molecule has 24 heavy (non-hydrogen) atoms. The van der Waals surface area contributed by atoms with Gasteiger partial charge in [0.25, 0.3) is 0 Å². The molecule has 1 amide bonds. The maximum absolute atomic E-state index is 12.6. The Morgan fingerprint density at radius 3 is 2.71 bits per heavy atom. The van der Waals surface area contributed by atoms with Crippen LogP contribution in [0.2, 0.25) is 5.02 Å². The highest BCUT2D eigenvalue weighted by molar-refractivity contribution is 6.31. The summed E-state index contributed by atoms with van der Waals surface area (Å²) in [5, 5.41) is 0.455. The van der Waals surface area contributed by atoms with Crippen LogP contribution in [0.15, 0.2) is 18.3 Å². The zero-order chi connectivity index (χ0) is 18.0. The van der Waals surface area contributed by atoms with Crippen LogP contribution in [0.5, 0.6) is 0 Å². The SMILES string of the molecule is COC(=O)C1(Cc2ncccc2Cl)CCCN1C(=O)OC(C)(C)C. The summed E-state index contributed by atoms with van der Waals surface area (Å²) in [6, 6.07) is 3.43. The van der Waals surface area contributed by atoms with Crippen LogP contribution in [-0.2, 0) is 20.7 Å². The number of methoxy groups -OCH3 is 1. The highest BCUT2D eigenvalue weighted by Crippen LogP contribution is 2.36. The van der Waals surface area contributed by atoms with Gasteiger partial charge >= 0.3 is 12.1 Å². The fourth-order valence-corrected chi connectivity index (χ4v) is 3.13. The quantitative estimate of drug-likeness (QED) is 0.779. The molecule has 1 atom stereocenters. The molecule has 0 saturated carbocycles. The number of carbonyl (C=O) groups is 2. The van der Waals surface area contributed by atoms with Crippen molar-refractivity contribution in [2.24, 2.45) is 0 Å². The summed E-state index contributed by atoms with van der Waals surface area (Å²) in [4.78, 5) is 30.9. The van der Waals surface area contributed by atoms with Crippen molar-refractivity contribution in [1.82, 2.24) is 9.88 Å². The number of ether oxygens (including phenoxy) is 2. The van der Waals surface area contributed by atoms with E-state index in [0.717, 1.165) is 0 Å². The average molecular weight is 355 g/mol. The van der Waals surface area contributed by atoms with Crippen molar-refractivity contribution >= 4 is 23.7 Å². The molecule has 0 N–H and O–H groups in total. The molecule has 2 heterocycles. The first-order chi connectivity index (χ1) is 11.2. The van der Waals surface area contributed by atoms with Crippen molar-refractivity contribution in [2.45, 2.75) is 51.2 Å². The van der Waals surface area contributed by atoms with E-state index in [1.165, 1.54) is 12.0 Å². The number of carbonyl (C=O) groups excluding carboxylic acids is 2. The molecule has 1 aliphatic rings. The number of hydrogen-bond donors (Lipinski definition) is 0. The lowest BCUT2D eigenvalue weighted by Crippen LogP contribution is -2.56. The molecule has 0 aliphatic carbocycles. The Morgan fingerprint density at radius 2 is 2.12 bits per heavy atom. The lowest BCUT2D eigenvalue weighted by atomic mass is 9.90. The molecule has 1 aromatic heterocycles. The fraction of sp³-hybridized carbons (Fsp3) is 0.588. The molecule has 0 bridgehead atoms. The monoisotopic (exact) mass is 354 g/mol. The van der Waals surface area contributed by atoms with Gasteiger partial charge in [0, 0.05) is 19.2 Å². The Kier molecular flexibility index (Phi) is 5.38. The Balaban J connectivity index is 2.37. The van der Waals surface area contributed by atoms with Gasteiger partial charge in [-0.15, -0.1) is 0 Å². The highest BCUT2D eigenvalue weighted by atomic mass is 35.5. The number of hydrogen-bond acceptors (Lipinski definition) is 5. The largest absolute Gasteiger partial charge is 0.467 e. The van der Waals surface area contributed by atoms with E-state index < -0.39 is 23.2 Å². The zero-order valence-corrected chi connectivity index (χ0v) is 15.2. The van der Waals surface area contributed by atoms with Crippen LogP contribution in [0.1, 0.15) is 39.3 Å². The number of esters is 1. The smallest absolute Gasteiger partial charge is 0.411 e. The third kappa shape index (κ3) is 3.80. The highest BCUT2D eigenvalue weighted by Gasteiger charge is 2.52. The second kappa shape index (κ2) is 6.97. The van der Waals surface area contributed by atoms with Crippen LogP contribution < -0.4 is 0 Å². The standard InChI is InChI=1S/C17H23ClN2O4/c1-16(2,3)24-15(22)20-10-6-8-17(20,14(21)23-4)11-13-12(18)7-5-9-19-13/h5,7,9H,6,8,10-11H2,1-4H3. The maximum Gasteiger partial charge on any atom is 0.411 e. The van der Waals surface area contributed by atoms with E-state index in [2.05, 4.69) is 4.98 Å². The topological polar surface area (TPSA) is 68.7 Å². The molecular weight excluding hydrogens is 332 g/mol. The summed E-state index contributed by atoms with van der Waals surface area (Å²) in [6.07, 6.45) is 2.43. The van der Waals surface area contributed by atoms with Crippen LogP contribution >= 0.6 is 11.6 Å². The predicted molar refractivity (Wildman–Crippen MR) is 89.9 cm³/mol. The number of aromatic nitrogens is 1. The average Bonchev–Trinajstić information content (AvgIpc) is 2.92. The number of rotatable bonds is 3. The first-order valence-corrected chi connectivity index (χ1v) is 8.26. The summed E-state index contributed by atoms with van der Waals surface area (Å²) < 4.78 is 10.5. The third-order valence-corrected chi connectivity index (χ3v) is 4.31. The molecule has 0 aromatic carbocycles. The van der Waals surface area contributed by atoms with Gasteiger partial charge in [-0.3, -0.25) is 9.88 Å². The second-order valence-electron chi connectivity index (χ2n) is 6.87. The zero-order valence-electron chi connectivity index (χ0n) is 14.5. The summed E-state index contributed by atoms with van der Waals surface area (Å²) in [7, 11) is 1.32. The Bertz CT molecular complexity index is 629. The maximum atomic E-state index is 12.6. The lowest BCUT2D eigenvalue weighted by molar-refractivity contribution is -0.153. The number of nitrogens with zero attached hydrogens (tertiary/aromatic N) is 2. The Labute approximate surface area is 147 Å². The summed E-state index contributed by atoms with van der Waals surface area (Å²) >= 11 is 6.20. The van der Waals surface area contributed by atoms with Crippen molar-refractivity contribution in [1.29, 1.82) is 0 Å². The van der Waals surface area contributed by atoms with E-state index in [1.54, 1.807) is 39.1 Å². The molecule has 7 heteroatoms. The van der Waals surface area contributed by atoms with Gasteiger partial charge in [0.1, 0.15) is 11.1 Å². The van der Waals surface area contributed by atoms with Crippen LogP contribution in [0.25, 0.3) is 0 Å². The van der Waals surface area contributed by atoms with Gasteiger partial charge in [-0.1, -0.05) is 11.6 Å². The van der Waals surface area contributed by atoms with Crippen molar-refractivity contribution < 1.29 is 19.1 Å². The van der Waals surface area contributed by atoms with Gasteiger partial charge in [-0.2, -0.15) is 0 Å². The summed E-state index contributed by atoms with van der Waals surface area (Å²) in [5.41, 5.74) is -1.24. The third-order valence-electron chi connectivity index (χ3n) is 3.96. The molecule has 0 radical (unpaired) electrons. The van der Waals surface area contributed by atoms with Crippen molar-refractivity contribution in [3.05, 3.63) is 29.0 Å². The molecular formula is C17H23ClN2O4. The van der Waals surface area contributed by atoms with Gasteiger partial charge in [0.15, 0.2) is 0 Å². The molecule has 6 nitrogen and oxygen atoms in total. The van der Waals surface area contributed by atoms with Crippen LogP contribution in [0, 0.1) is 0 Å². The fourth-order valence-electron chi connectivity index (χ4n) is 2.95. The van der Waals surface area contributed by atoms with Gasteiger partial charge in [-0.25, -0.2) is 9.59 Å². The van der Waals surface area contributed by atoms with E-state index in [4.69, 9.17) is 21.1 Å². The minimum Gasteiger partial charge on any atom is -0.467 e. The number of pyridine rings is 1. The van der Waals surface area contributed by atoms with Crippen LogP contribution in [0.3, 0.4) is 0 Å². The number of halogens is 1. The van der Waals surface area contributed by atoms with E-state index >= 15 is 0 Å². The Morgan fingerprint density at radius 1 is 1.42 bits per heavy atom. The normalized spacial score (nSPS) is 20.8. The van der Waals surface area contributed by atoms with Gasteiger partial charge in [0.2, 0.25) is 0 Å². The van der Waals surface area contributed by atoms with Crippen LogP contribution in [0.4, 0.5) is 4.79 Å². The lowest BCUT2D eigenvalue weighted by Gasteiger charge is -2.36. The molecule has 2 rings (SSSR count). The van der Waals surface area contributed by atoms with E-state index in [-0.39, 0.29) is 6.42 Å². The van der Waals surface area contributed by atoms with Gasteiger partial charge in [-0.05, 0) is 45.7 Å². The molecule has 1 aliphatic heterocycles. The van der Waals surface area contributed by atoms with Gasteiger partial charge < -0.3 is 9.47 Å². The minimum absolute atomic E-state index is 0.193. The molecule has 132 valence electrons. The summed E-state index contributed by atoms with van der Waals surface area (Å²) in [5.74, 6) is -0.479. The molecule has 1 unspecified atom stereocenters. The predicted octanol–water partition coefficient (Wildman–Crippen LogP) is 3.22. The van der Waals surface area contributed by atoms with Crippen molar-refractivity contribution in [2.75, 3.05) is 13.7 Å². The van der Waals surface area contributed by atoms with E-state index in [0.29, 0.717) is 30.1 Å². The first kappa shape index (κ1) is 18.5. The first-order valence-electron chi connectivity index (χ1n) is 7.88. The van der Waals surface area contributed by atoms with E-state index in [9.17, 15) is 9.59 Å².